The lowest BCUT2D eigenvalue weighted by atomic mass is 9.87. The van der Waals surface area contributed by atoms with E-state index >= 15 is 0 Å². The number of ketones is 1. The molecule has 2 heterocycles. The highest BCUT2D eigenvalue weighted by Gasteiger charge is 2.32. The van der Waals surface area contributed by atoms with Gasteiger partial charge in [0.1, 0.15) is 5.75 Å². The second kappa shape index (κ2) is 8.42. The third kappa shape index (κ3) is 4.34. The normalized spacial score (nSPS) is 21.9. The van der Waals surface area contributed by atoms with Crippen LogP contribution in [0.25, 0.3) is 0 Å². The second-order valence-corrected chi connectivity index (χ2v) is 8.08. The molecule has 1 atom stereocenters. The molecule has 5 nitrogen and oxygen atoms in total. The standard InChI is InChI=1S/C22H32N2O3/c1-15-12-19(13-16(2)22(15)27-4)21(26)18-6-5-9-24(14-18)20-7-10-23(11-8-20)17(3)25/h12-13,18,20H,5-11,14H2,1-4H3/t18-/m0/s1. The first-order valence-electron chi connectivity index (χ1n) is 10.1. The van der Waals surface area contributed by atoms with Gasteiger partial charge >= 0.3 is 0 Å². The zero-order chi connectivity index (χ0) is 19.6. The van der Waals surface area contributed by atoms with Crippen LogP contribution in [0.15, 0.2) is 12.1 Å². The zero-order valence-electron chi connectivity index (χ0n) is 17.1. The lowest BCUT2D eigenvalue weighted by Crippen LogP contribution is -2.50. The molecule has 2 saturated heterocycles. The molecule has 3 rings (SSSR count). The minimum Gasteiger partial charge on any atom is -0.496 e. The molecule has 0 bridgehead atoms. The van der Waals surface area contributed by atoms with Crippen molar-refractivity contribution in [3.8, 4) is 5.75 Å². The summed E-state index contributed by atoms with van der Waals surface area (Å²) in [6.45, 7) is 9.23. The molecule has 1 aromatic rings. The maximum absolute atomic E-state index is 13.2. The molecular weight excluding hydrogens is 340 g/mol. The van der Waals surface area contributed by atoms with Gasteiger partial charge in [-0.15, -0.1) is 0 Å². The first-order chi connectivity index (χ1) is 12.9. The monoisotopic (exact) mass is 372 g/mol. The number of nitrogens with zero attached hydrogens (tertiary/aromatic N) is 2. The molecule has 2 aliphatic heterocycles. The Morgan fingerprint density at radius 3 is 2.22 bits per heavy atom. The van der Waals surface area contributed by atoms with Crippen molar-refractivity contribution in [2.75, 3.05) is 33.3 Å². The third-order valence-corrected chi connectivity index (χ3v) is 6.20. The molecule has 0 saturated carbocycles. The minimum absolute atomic E-state index is 0.0665. The molecule has 1 aromatic carbocycles. The van der Waals surface area contributed by atoms with Crippen molar-refractivity contribution >= 4 is 11.7 Å². The van der Waals surface area contributed by atoms with Gasteiger partial charge in [0.05, 0.1) is 7.11 Å². The first kappa shape index (κ1) is 19.9. The SMILES string of the molecule is COc1c(C)cc(C(=O)[C@H]2CCCN(C3CCN(C(C)=O)CC3)C2)cc1C. The van der Waals surface area contributed by atoms with Gasteiger partial charge in [0.25, 0.3) is 0 Å². The predicted molar refractivity (Wildman–Crippen MR) is 106 cm³/mol. The van der Waals surface area contributed by atoms with E-state index in [0.29, 0.717) is 6.04 Å². The third-order valence-electron chi connectivity index (χ3n) is 6.20. The van der Waals surface area contributed by atoms with Crippen LogP contribution in [0.3, 0.4) is 0 Å². The number of rotatable bonds is 4. The van der Waals surface area contributed by atoms with Gasteiger partial charge in [0, 0.05) is 44.1 Å². The van der Waals surface area contributed by atoms with Crippen molar-refractivity contribution in [1.29, 1.82) is 0 Å². The Kier molecular flexibility index (Phi) is 6.20. The van der Waals surface area contributed by atoms with Crippen LogP contribution >= 0.6 is 0 Å². The summed E-state index contributed by atoms with van der Waals surface area (Å²) in [5, 5.41) is 0. The number of amides is 1. The summed E-state index contributed by atoms with van der Waals surface area (Å²) in [4.78, 5) is 29.1. The fraction of sp³-hybridized carbons (Fsp3) is 0.636. The Hall–Kier alpha value is -1.88. The Balaban J connectivity index is 1.66. The highest BCUT2D eigenvalue weighted by atomic mass is 16.5. The molecule has 148 valence electrons. The maximum atomic E-state index is 13.2. The highest BCUT2D eigenvalue weighted by molar-refractivity contribution is 5.98. The van der Waals surface area contributed by atoms with Crippen LogP contribution < -0.4 is 4.74 Å². The number of piperidine rings is 2. The van der Waals surface area contributed by atoms with E-state index in [4.69, 9.17) is 4.74 Å². The van der Waals surface area contributed by atoms with Gasteiger partial charge in [0.2, 0.25) is 5.91 Å². The van der Waals surface area contributed by atoms with Crippen LogP contribution in [-0.4, -0.2) is 60.8 Å². The number of ether oxygens (including phenoxy) is 1. The van der Waals surface area contributed by atoms with Gasteiger partial charge in [-0.25, -0.2) is 0 Å². The van der Waals surface area contributed by atoms with Crippen molar-refractivity contribution in [3.05, 3.63) is 28.8 Å². The van der Waals surface area contributed by atoms with Crippen LogP contribution in [0.5, 0.6) is 5.75 Å². The fourth-order valence-electron chi connectivity index (χ4n) is 4.75. The topological polar surface area (TPSA) is 49.9 Å². The van der Waals surface area contributed by atoms with Gasteiger partial charge in [-0.1, -0.05) is 0 Å². The molecule has 5 heteroatoms. The smallest absolute Gasteiger partial charge is 0.219 e. The number of likely N-dealkylation sites (tertiary alicyclic amines) is 2. The maximum Gasteiger partial charge on any atom is 0.219 e. The molecule has 1 amide bonds. The fourth-order valence-corrected chi connectivity index (χ4v) is 4.75. The number of carbonyl (C=O) groups excluding carboxylic acids is 2. The average molecular weight is 373 g/mol. The van der Waals surface area contributed by atoms with Crippen molar-refractivity contribution in [2.24, 2.45) is 5.92 Å². The van der Waals surface area contributed by atoms with Crippen molar-refractivity contribution in [1.82, 2.24) is 9.80 Å². The van der Waals surface area contributed by atoms with E-state index in [2.05, 4.69) is 4.90 Å². The Morgan fingerprint density at radius 2 is 1.67 bits per heavy atom. The molecule has 0 N–H and O–H groups in total. The van der Waals surface area contributed by atoms with E-state index in [1.54, 1.807) is 14.0 Å². The summed E-state index contributed by atoms with van der Waals surface area (Å²) in [6, 6.07) is 4.44. The van der Waals surface area contributed by atoms with E-state index in [1.165, 1.54) is 0 Å². The van der Waals surface area contributed by atoms with Crippen molar-refractivity contribution in [3.63, 3.8) is 0 Å². The average Bonchev–Trinajstić information content (AvgIpc) is 2.67. The van der Waals surface area contributed by atoms with E-state index in [1.807, 2.05) is 30.9 Å². The number of aryl methyl sites for hydroxylation is 2. The summed E-state index contributed by atoms with van der Waals surface area (Å²) in [5.74, 6) is 1.37. The first-order valence-corrected chi connectivity index (χ1v) is 10.1. The zero-order valence-corrected chi connectivity index (χ0v) is 17.1. The summed E-state index contributed by atoms with van der Waals surface area (Å²) >= 11 is 0. The van der Waals surface area contributed by atoms with Gasteiger partial charge < -0.3 is 9.64 Å². The lowest BCUT2D eigenvalue weighted by molar-refractivity contribution is -0.130. The van der Waals surface area contributed by atoms with Crippen LogP contribution in [0, 0.1) is 19.8 Å². The summed E-state index contributed by atoms with van der Waals surface area (Å²) < 4.78 is 5.43. The van der Waals surface area contributed by atoms with E-state index in [-0.39, 0.29) is 17.6 Å². The van der Waals surface area contributed by atoms with E-state index < -0.39 is 0 Å². The number of hydrogen-bond donors (Lipinski definition) is 0. The predicted octanol–water partition coefficient (Wildman–Crippen LogP) is 3.22. The van der Waals surface area contributed by atoms with Crippen molar-refractivity contribution < 1.29 is 14.3 Å². The number of carbonyl (C=O) groups is 2. The Bertz CT molecular complexity index is 685. The Labute approximate surface area is 162 Å². The summed E-state index contributed by atoms with van der Waals surface area (Å²) in [6.07, 6.45) is 4.06. The Morgan fingerprint density at radius 1 is 1.04 bits per heavy atom. The van der Waals surface area contributed by atoms with Crippen molar-refractivity contribution in [2.45, 2.75) is 52.5 Å². The van der Waals surface area contributed by atoms with Crippen LogP contribution in [0.4, 0.5) is 0 Å². The summed E-state index contributed by atoms with van der Waals surface area (Å²) in [7, 11) is 1.67. The molecular formula is C22H32N2O3. The molecule has 0 unspecified atom stereocenters. The van der Waals surface area contributed by atoms with E-state index in [9.17, 15) is 9.59 Å². The van der Waals surface area contributed by atoms with Gasteiger partial charge in [-0.3, -0.25) is 14.5 Å². The van der Waals surface area contributed by atoms with Crippen LogP contribution in [0.2, 0.25) is 0 Å². The molecule has 0 radical (unpaired) electrons. The highest BCUT2D eigenvalue weighted by Crippen LogP contribution is 2.29. The van der Waals surface area contributed by atoms with Gasteiger partial charge in [0.15, 0.2) is 5.78 Å². The number of benzene rings is 1. The molecule has 27 heavy (non-hydrogen) atoms. The van der Waals surface area contributed by atoms with Gasteiger partial charge in [-0.2, -0.15) is 0 Å². The number of methoxy groups -OCH3 is 1. The lowest BCUT2D eigenvalue weighted by Gasteiger charge is -2.42. The second-order valence-electron chi connectivity index (χ2n) is 8.08. The largest absolute Gasteiger partial charge is 0.496 e. The molecule has 0 spiro atoms. The van der Waals surface area contributed by atoms with E-state index in [0.717, 1.165) is 74.3 Å². The van der Waals surface area contributed by atoms with Crippen LogP contribution in [-0.2, 0) is 4.79 Å². The molecule has 0 aliphatic carbocycles. The van der Waals surface area contributed by atoms with Crippen LogP contribution in [0.1, 0.15) is 54.1 Å². The molecule has 2 aliphatic rings. The minimum atomic E-state index is 0.0665. The number of Topliss-reactive ketones (excluding diaryl/α,β-unsaturated/α-hetero) is 1. The van der Waals surface area contributed by atoms with Gasteiger partial charge in [-0.05, 0) is 69.3 Å². The molecule has 2 fully saturated rings. The quantitative estimate of drug-likeness (QED) is 0.762. The molecule has 0 aromatic heterocycles. The summed E-state index contributed by atoms with van der Waals surface area (Å²) in [5.41, 5.74) is 2.85. The number of hydrogen-bond acceptors (Lipinski definition) is 4.